The molecule has 3 nitrogen and oxygen atoms in total. The molecule has 0 heterocycles. The third-order valence-corrected chi connectivity index (χ3v) is 4.09. The van der Waals surface area contributed by atoms with Crippen LogP contribution in [0.5, 0.6) is 5.75 Å². The van der Waals surface area contributed by atoms with E-state index in [2.05, 4.69) is 19.6 Å². The van der Waals surface area contributed by atoms with E-state index in [9.17, 15) is 9.90 Å². The summed E-state index contributed by atoms with van der Waals surface area (Å²) in [5, 5.41) is 19.2. The van der Waals surface area contributed by atoms with Crippen LogP contribution >= 0.6 is 0 Å². The van der Waals surface area contributed by atoms with Crippen LogP contribution in [0.1, 0.15) is 10.4 Å². The van der Waals surface area contributed by atoms with Gasteiger partial charge in [0.05, 0.1) is 13.6 Å². The van der Waals surface area contributed by atoms with Gasteiger partial charge in [-0.1, -0.05) is 25.7 Å². The fourth-order valence-electron chi connectivity index (χ4n) is 1.30. The number of carboxylic acids is 1. The summed E-state index contributed by atoms with van der Waals surface area (Å²) in [7, 11) is -1.58. The molecule has 0 spiro atoms. The SMILES string of the molecule is C[Si](C)(C)c1ccc(C(=O)O)cc1O. The van der Waals surface area contributed by atoms with E-state index in [1.165, 1.54) is 12.1 Å². The van der Waals surface area contributed by atoms with Crippen LogP contribution in [0.4, 0.5) is 0 Å². The number of aromatic hydroxyl groups is 1. The summed E-state index contributed by atoms with van der Waals surface area (Å²) in [4.78, 5) is 10.6. The Bertz CT molecular complexity index is 366. The first-order chi connectivity index (χ1) is 6.32. The summed E-state index contributed by atoms with van der Waals surface area (Å²) in [6.07, 6.45) is 0. The molecule has 1 aromatic carbocycles. The second kappa shape index (κ2) is 3.46. The number of rotatable bonds is 2. The molecular formula is C10H14O3Si. The van der Waals surface area contributed by atoms with Gasteiger partial charge in [-0.05, 0) is 17.3 Å². The van der Waals surface area contributed by atoms with Crippen molar-refractivity contribution in [3.8, 4) is 5.75 Å². The maximum Gasteiger partial charge on any atom is 0.335 e. The molecule has 0 aliphatic carbocycles. The fraction of sp³-hybridized carbons (Fsp3) is 0.300. The molecule has 0 saturated carbocycles. The zero-order valence-corrected chi connectivity index (χ0v) is 9.53. The summed E-state index contributed by atoms with van der Waals surface area (Å²) in [6.45, 7) is 6.30. The van der Waals surface area contributed by atoms with Crippen LogP contribution in [0.25, 0.3) is 0 Å². The number of aromatic carboxylic acids is 1. The minimum absolute atomic E-state index is 0.101. The van der Waals surface area contributed by atoms with Crippen molar-refractivity contribution in [2.75, 3.05) is 0 Å². The Labute approximate surface area is 84.0 Å². The van der Waals surface area contributed by atoms with Crippen LogP contribution in [-0.4, -0.2) is 24.3 Å². The molecule has 0 atom stereocenters. The van der Waals surface area contributed by atoms with E-state index >= 15 is 0 Å². The van der Waals surface area contributed by atoms with Crippen molar-refractivity contribution in [1.82, 2.24) is 0 Å². The number of phenolic OH excluding ortho intramolecular Hbond substituents is 1. The Kier molecular flexibility index (Phi) is 2.66. The van der Waals surface area contributed by atoms with Gasteiger partial charge in [-0.25, -0.2) is 4.79 Å². The Hall–Kier alpha value is -1.29. The number of carboxylic acid groups (broad SMARTS) is 1. The maximum absolute atomic E-state index is 10.6. The minimum Gasteiger partial charge on any atom is -0.508 e. The van der Waals surface area contributed by atoms with E-state index in [0.29, 0.717) is 0 Å². The molecular weight excluding hydrogens is 196 g/mol. The van der Waals surface area contributed by atoms with Gasteiger partial charge in [0, 0.05) is 0 Å². The molecule has 1 aromatic rings. The monoisotopic (exact) mass is 210 g/mol. The highest BCUT2D eigenvalue weighted by molar-refractivity contribution is 6.89. The highest BCUT2D eigenvalue weighted by atomic mass is 28.3. The van der Waals surface area contributed by atoms with Gasteiger partial charge >= 0.3 is 5.97 Å². The van der Waals surface area contributed by atoms with Crippen LogP contribution < -0.4 is 5.19 Å². The average Bonchev–Trinajstić information content (AvgIpc) is 2.01. The van der Waals surface area contributed by atoms with Crippen molar-refractivity contribution < 1.29 is 15.0 Å². The Morgan fingerprint density at radius 2 is 1.86 bits per heavy atom. The Morgan fingerprint density at radius 3 is 2.21 bits per heavy atom. The first kappa shape index (κ1) is 10.8. The molecule has 0 aliphatic heterocycles. The Balaban J connectivity index is 3.21. The molecule has 4 heteroatoms. The van der Waals surface area contributed by atoms with Crippen molar-refractivity contribution in [2.45, 2.75) is 19.6 Å². The van der Waals surface area contributed by atoms with Gasteiger partial charge < -0.3 is 10.2 Å². The second-order valence-electron chi connectivity index (χ2n) is 4.29. The van der Waals surface area contributed by atoms with Crippen molar-refractivity contribution in [1.29, 1.82) is 0 Å². The second-order valence-corrected chi connectivity index (χ2v) is 9.33. The van der Waals surface area contributed by atoms with Gasteiger partial charge in [0.2, 0.25) is 0 Å². The molecule has 0 fully saturated rings. The molecule has 0 aromatic heterocycles. The average molecular weight is 210 g/mol. The molecule has 0 saturated heterocycles. The van der Waals surface area contributed by atoms with Gasteiger partial charge in [0.15, 0.2) is 0 Å². The van der Waals surface area contributed by atoms with E-state index in [1.807, 2.05) is 0 Å². The predicted molar refractivity (Wildman–Crippen MR) is 58.0 cm³/mol. The lowest BCUT2D eigenvalue weighted by atomic mass is 10.2. The third-order valence-electron chi connectivity index (χ3n) is 2.05. The number of benzene rings is 1. The van der Waals surface area contributed by atoms with Gasteiger partial charge in [-0.3, -0.25) is 0 Å². The first-order valence-corrected chi connectivity index (χ1v) is 7.89. The van der Waals surface area contributed by atoms with Crippen molar-refractivity contribution in [3.05, 3.63) is 23.8 Å². The quantitative estimate of drug-likeness (QED) is 0.729. The highest BCUT2D eigenvalue weighted by Gasteiger charge is 2.20. The molecule has 0 amide bonds. The smallest absolute Gasteiger partial charge is 0.335 e. The molecule has 2 N–H and O–H groups in total. The largest absolute Gasteiger partial charge is 0.508 e. The van der Waals surface area contributed by atoms with E-state index in [-0.39, 0.29) is 11.3 Å². The number of hydrogen-bond donors (Lipinski definition) is 2. The third kappa shape index (κ3) is 2.14. The fourth-order valence-corrected chi connectivity index (χ4v) is 2.72. The van der Waals surface area contributed by atoms with Crippen LogP contribution in [-0.2, 0) is 0 Å². The van der Waals surface area contributed by atoms with Crippen LogP contribution in [0, 0.1) is 0 Å². The topological polar surface area (TPSA) is 57.5 Å². The first-order valence-electron chi connectivity index (χ1n) is 4.39. The standard InChI is InChI=1S/C10H14O3Si/c1-14(2,3)9-5-4-7(10(12)13)6-8(9)11/h4-6,11H,1-3H3,(H,12,13). The lowest BCUT2D eigenvalue weighted by Crippen LogP contribution is -2.37. The maximum atomic E-state index is 10.6. The molecule has 1 rings (SSSR count). The zero-order chi connectivity index (χ0) is 10.9. The van der Waals surface area contributed by atoms with Gasteiger partial charge in [-0.2, -0.15) is 0 Å². The molecule has 0 radical (unpaired) electrons. The zero-order valence-electron chi connectivity index (χ0n) is 8.53. The Morgan fingerprint density at radius 1 is 1.29 bits per heavy atom. The molecule has 0 aliphatic rings. The highest BCUT2D eigenvalue weighted by Crippen LogP contribution is 2.15. The molecule has 0 bridgehead atoms. The number of carbonyl (C=O) groups is 1. The lowest BCUT2D eigenvalue weighted by Gasteiger charge is -2.18. The number of phenols is 1. The van der Waals surface area contributed by atoms with Crippen molar-refractivity contribution >= 4 is 19.2 Å². The van der Waals surface area contributed by atoms with E-state index in [0.717, 1.165) is 5.19 Å². The molecule has 0 unspecified atom stereocenters. The van der Waals surface area contributed by atoms with Crippen molar-refractivity contribution in [3.63, 3.8) is 0 Å². The normalized spacial score (nSPS) is 11.4. The summed E-state index contributed by atoms with van der Waals surface area (Å²) >= 11 is 0. The molecule has 76 valence electrons. The van der Waals surface area contributed by atoms with Gasteiger partial charge in [0.25, 0.3) is 0 Å². The van der Waals surface area contributed by atoms with Crippen LogP contribution in [0.3, 0.4) is 0 Å². The van der Waals surface area contributed by atoms with Crippen LogP contribution in [0.2, 0.25) is 19.6 Å². The summed E-state index contributed by atoms with van der Waals surface area (Å²) < 4.78 is 0. The van der Waals surface area contributed by atoms with E-state index < -0.39 is 14.0 Å². The predicted octanol–water partition coefficient (Wildman–Crippen LogP) is 1.64. The van der Waals surface area contributed by atoms with Crippen molar-refractivity contribution in [2.24, 2.45) is 0 Å². The van der Waals surface area contributed by atoms with E-state index in [1.54, 1.807) is 6.07 Å². The minimum atomic E-state index is -1.58. The van der Waals surface area contributed by atoms with Crippen LogP contribution in [0.15, 0.2) is 18.2 Å². The molecule has 14 heavy (non-hydrogen) atoms. The van der Waals surface area contributed by atoms with Gasteiger partial charge in [-0.15, -0.1) is 0 Å². The summed E-state index contributed by atoms with van der Waals surface area (Å²) in [6, 6.07) is 4.57. The lowest BCUT2D eigenvalue weighted by molar-refractivity contribution is 0.0696. The summed E-state index contributed by atoms with van der Waals surface area (Å²) in [5.41, 5.74) is 0.129. The number of hydrogen-bond acceptors (Lipinski definition) is 2. The summed E-state index contributed by atoms with van der Waals surface area (Å²) in [5.74, 6) is -0.911. The van der Waals surface area contributed by atoms with Gasteiger partial charge in [0.1, 0.15) is 5.75 Å². The van der Waals surface area contributed by atoms with E-state index in [4.69, 9.17) is 5.11 Å².